The van der Waals surface area contributed by atoms with Crippen LogP contribution in [-0.4, -0.2) is 39.8 Å². The van der Waals surface area contributed by atoms with Crippen LogP contribution in [-0.2, 0) is 4.79 Å². The van der Waals surface area contributed by atoms with E-state index in [1.165, 1.54) is 12.1 Å². The van der Waals surface area contributed by atoms with Gasteiger partial charge in [-0.3, -0.25) is 4.79 Å². The summed E-state index contributed by atoms with van der Waals surface area (Å²) in [5.41, 5.74) is 0.791. The number of rotatable bonds is 5. The molecule has 1 aromatic rings. The van der Waals surface area contributed by atoms with Gasteiger partial charge >= 0.3 is 5.97 Å². The van der Waals surface area contributed by atoms with Crippen LogP contribution in [0, 0.1) is 6.92 Å². The molecule has 0 unspecified atom stereocenters. The van der Waals surface area contributed by atoms with E-state index in [-0.39, 0.29) is 24.3 Å². The molecule has 98 valence electrons. The van der Waals surface area contributed by atoms with Crippen LogP contribution in [0.5, 0.6) is 5.75 Å². The van der Waals surface area contributed by atoms with Crippen LogP contribution >= 0.6 is 0 Å². The van der Waals surface area contributed by atoms with Gasteiger partial charge in [0, 0.05) is 13.0 Å². The molecule has 0 saturated heterocycles. The Morgan fingerprint density at radius 3 is 2.56 bits per heavy atom. The average molecular weight is 253 g/mol. The number of aliphatic hydroxyl groups is 1. The Labute approximate surface area is 104 Å². The van der Waals surface area contributed by atoms with Crippen molar-refractivity contribution in [2.75, 3.05) is 6.61 Å². The number of aliphatic carboxylic acids is 1. The van der Waals surface area contributed by atoms with Gasteiger partial charge in [0.05, 0.1) is 5.56 Å². The molecule has 6 heteroatoms. The lowest BCUT2D eigenvalue weighted by atomic mass is 10.1. The molecule has 6 nitrogen and oxygen atoms in total. The molecule has 0 aliphatic heterocycles. The number of nitrogens with one attached hydrogen (secondary N) is 1. The predicted molar refractivity (Wildman–Crippen MR) is 63.4 cm³/mol. The zero-order chi connectivity index (χ0) is 13.7. The van der Waals surface area contributed by atoms with Crippen LogP contribution < -0.4 is 5.32 Å². The third-order valence-electron chi connectivity index (χ3n) is 2.42. The van der Waals surface area contributed by atoms with E-state index in [2.05, 4.69) is 5.32 Å². The predicted octanol–water partition coefficient (Wildman–Crippen LogP) is 0.266. The molecule has 0 aliphatic rings. The SMILES string of the molecule is Cc1ccc(C(=O)N[C@@H](CCO)C(=O)O)c(O)c1. The van der Waals surface area contributed by atoms with Crippen LogP contribution in [0.2, 0.25) is 0 Å². The van der Waals surface area contributed by atoms with Crippen molar-refractivity contribution >= 4 is 11.9 Å². The number of phenolic OH excluding ortho intramolecular Hbond substituents is 1. The molecule has 0 radical (unpaired) electrons. The van der Waals surface area contributed by atoms with Crippen LogP contribution in [0.25, 0.3) is 0 Å². The van der Waals surface area contributed by atoms with E-state index in [1.807, 2.05) is 0 Å². The van der Waals surface area contributed by atoms with Crippen molar-refractivity contribution in [3.63, 3.8) is 0 Å². The molecule has 0 aromatic heterocycles. The summed E-state index contributed by atoms with van der Waals surface area (Å²) in [5, 5.41) is 29.3. The van der Waals surface area contributed by atoms with Crippen molar-refractivity contribution in [3.8, 4) is 5.75 Å². The molecule has 1 atom stereocenters. The van der Waals surface area contributed by atoms with Gasteiger partial charge in [-0.15, -0.1) is 0 Å². The number of hydrogen-bond donors (Lipinski definition) is 4. The highest BCUT2D eigenvalue weighted by Gasteiger charge is 2.21. The lowest BCUT2D eigenvalue weighted by molar-refractivity contribution is -0.139. The molecule has 1 rings (SSSR count). The summed E-state index contributed by atoms with van der Waals surface area (Å²) in [6.07, 6.45) is -0.0896. The van der Waals surface area contributed by atoms with Crippen molar-refractivity contribution in [2.24, 2.45) is 0 Å². The first-order valence-electron chi connectivity index (χ1n) is 5.40. The first kappa shape index (κ1) is 14.0. The molecule has 1 aromatic carbocycles. The summed E-state index contributed by atoms with van der Waals surface area (Å²) in [6, 6.07) is 3.29. The van der Waals surface area contributed by atoms with Gasteiger partial charge in [0.15, 0.2) is 0 Å². The van der Waals surface area contributed by atoms with Crippen molar-refractivity contribution in [2.45, 2.75) is 19.4 Å². The van der Waals surface area contributed by atoms with Gasteiger partial charge in [0.2, 0.25) is 0 Å². The molecule has 0 spiro atoms. The summed E-state index contributed by atoms with van der Waals surface area (Å²) in [5.74, 6) is -2.13. The minimum atomic E-state index is -1.23. The third-order valence-corrected chi connectivity index (χ3v) is 2.42. The van der Waals surface area contributed by atoms with Crippen molar-refractivity contribution in [1.82, 2.24) is 5.32 Å². The minimum Gasteiger partial charge on any atom is -0.507 e. The van der Waals surface area contributed by atoms with Crippen LogP contribution in [0.3, 0.4) is 0 Å². The van der Waals surface area contributed by atoms with Crippen LogP contribution in [0.15, 0.2) is 18.2 Å². The summed E-state index contributed by atoms with van der Waals surface area (Å²) in [7, 11) is 0. The molecular weight excluding hydrogens is 238 g/mol. The van der Waals surface area contributed by atoms with Crippen molar-refractivity contribution in [1.29, 1.82) is 0 Å². The fourth-order valence-electron chi connectivity index (χ4n) is 1.46. The maximum Gasteiger partial charge on any atom is 0.326 e. The quantitative estimate of drug-likeness (QED) is 0.602. The summed E-state index contributed by atoms with van der Waals surface area (Å²) in [6.45, 7) is 1.41. The summed E-state index contributed by atoms with van der Waals surface area (Å²) >= 11 is 0. The first-order chi connectivity index (χ1) is 8.45. The maximum absolute atomic E-state index is 11.8. The number of aromatic hydroxyl groups is 1. The Kier molecular flexibility index (Phi) is 4.67. The fraction of sp³-hybridized carbons (Fsp3) is 0.333. The lowest BCUT2D eigenvalue weighted by Crippen LogP contribution is -2.41. The Morgan fingerprint density at radius 1 is 1.39 bits per heavy atom. The van der Waals surface area contributed by atoms with Gasteiger partial charge in [0.25, 0.3) is 5.91 Å². The topological polar surface area (TPSA) is 107 Å². The lowest BCUT2D eigenvalue weighted by Gasteiger charge is -2.13. The Hall–Kier alpha value is -2.08. The Balaban J connectivity index is 2.83. The fourth-order valence-corrected chi connectivity index (χ4v) is 1.46. The molecule has 0 aliphatic carbocycles. The number of hydrogen-bond acceptors (Lipinski definition) is 4. The normalized spacial score (nSPS) is 11.9. The maximum atomic E-state index is 11.8. The number of amides is 1. The second kappa shape index (κ2) is 6.02. The monoisotopic (exact) mass is 253 g/mol. The van der Waals surface area contributed by atoms with E-state index in [9.17, 15) is 14.7 Å². The molecule has 1 amide bonds. The van der Waals surface area contributed by atoms with Crippen molar-refractivity contribution < 1.29 is 24.9 Å². The zero-order valence-electron chi connectivity index (χ0n) is 9.88. The molecule has 0 saturated carbocycles. The number of benzene rings is 1. The number of carbonyl (C=O) groups is 2. The van der Waals surface area contributed by atoms with Gasteiger partial charge in [-0.25, -0.2) is 4.79 Å². The van der Waals surface area contributed by atoms with E-state index in [1.54, 1.807) is 13.0 Å². The molecule has 4 N–H and O–H groups in total. The number of carbonyl (C=O) groups excluding carboxylic acids is 1. The van der Waals surface area contributed by atoms with Gasteiger partial charge in [0.1, 0.15) is 11.8 Å². The number of carboxylic acid groups (broad SMARTS) is 1. The summed E-state index contributed by atoms with van der Waals surface area (Å²) < 4.78 is 0. The Bertz CT molecular complexity index is 458. The van der Waals surface area contributed by atoms with Crippen LogP contribution in [0.1, 0.15) is 22.3 Å². The molecule has 0 bridgehead atoms. The highest BCUT2D eigenvalue weighted by atomic mass is 16.4. The second-order valence-corrected chi connectivity index (χ2v) is 3.90. The van der Waals surface area contributed by atoms with E-state index in [0.29, 0.717) is 0 Å². The highest BCUT2D eigenvalue weighted by Crippen LogP contribution is 2.18. The molecule has 0 fully saturated rings. The van der Waals surface area contributed by atoms with Gasteiger partial charge in [-0.2, -0.15) is 0 Å². The van der Waals surface area contributed by atoms with Crippen LogP contribution in [0.4, 0.5) is 0 Å². The molecular formula is C12H15NO5. The largest absolute Gasteiger partial charge is 0.507 e. The molecule has 18 heavy (non-hydrogen) atoms. The Morgan fingerprint density at radius 2 is 2.06 bits per heavy atom. The third kappa shape index (κ3) is 3.46. The van der Waals surface area contributed by atoms with E-state index < -0.39 is 17.9 Å². The van der Waals surface area contributed by atoms with Gasteiger partial charge in [-0.05, 0) is 24.6 Å². The second-order valence-electron chi connectivity index (χ2n) is 3.90. The number of aliphatic hydroxyl groups excluding tert-OH is 1. The smallest absolute Gasteiger partial charge is 0.326 e. The number of phenols is 1. The first-order valence-corrected chi connectivity index (χ1v) is 5.40. The van der Waals surface area contributed by atoms with Gasteiger partial charge < -0.3 is 20.6 Å². The average Bonchev–Trinajstić information content (AvgIpc) is 2.27. The molecule has 0 heterocycles. The number of aryl methyl sites for hydroxylation is 1. The number of carboxylic acids is 1. The highest BCUT2D eigenvalue weighted by molar-refractivity contribution is 5.98. The van der Waals surface area contributed by atoms with E-state index in [0.717, 1.165) is 5.56 Å². The van der Waals surface area contributed by atoms with E-state index >= 15 is 0 Å². The summed E-state index contributed by atoms with van der Waals surface area (Å²) in [4.78, 5) is 22.6. The van der Waals surface area contributed by atoms with Crippen molar-refractivity contribution in [3.05, 3.63) is 29.3 Å². The standard InChI is InChI=1S/C12H15NO5/c1-7-2-3-8(10(15)6-7)11(16)13-9(4-5-14)12(17)18/h2-3,6,9,14-15H,4-5H2,1H3,(H,13,16)(H,17,18)/t9-/m0/s1. The van der Waals surface area contributed by atoms with E-state index in [4.69, 9.17) is 10.2 Å². The minimum absolute atomic E-state index is 0.00443. The zero-order valence-corrected chi connectivity index (χ0v) is 9.88. The van der Waals surface area contributed by atoms with Gasteiger partial charge in [-0.1, -0.05) is 6.07 Å².